The number of hydrogen-bond acceptors (Lipinski definition) is 2. The third-order valence-electron chi connectivity index (χ3n) is 2.88. The molecule has 0 fully saturated rings. The fraction of sp³-hybridized carbons (Fsp3) is 0.846. The fourth-order valence-corrected chi connectivity index (χ4v) is 1.98. The summed E-state index contributed by atoms with van der Waals surface area (Å²) in [5.41, 5.74) is 2.56. The van der Waals surface area contributed by atoms with Crippen molar-refractivity contribution < 1.29 is 0 Å². The van der Waals surface area contributed by atoms with Crippen molar-refractivity contribution in [3.05, 3.63) is 11.4 Å². The highest BCUT2D eigenvalue weighted by molar-refractivity contribution is 5.14. The summed E-state index contributed by atoms with van der Waals surface area (Å²) in [6.45, 7) is 9.91. The highest BCUT2D eigenvalue weighted by atomic mass is 15.4. The Morgan fingerprint density at radius 2 is 1.81 bits per heavy atom. The van der Waals surface area contributed by atoms with E-state index in [9.17, 15) is 0 Å². The Labute approximate surface area is 99.2 Å². The summed E-state index contributed by atoms with van der Waals surface area (Å²) >= 11 is 0. The van der Waals surface area contributed by atoms with E-state index in [2.05, 4.69) is 42.7 Å². The van der Waals surface area contributed by atoms with Crippen LogP contribution in [-0.4, -0.2) is 15.0 Å². The Morgan fingerprint density at radius 3 is 2.38 bits per heavy atom. The van der Waals surface area contributed by atoms with Crippen LogP contribution in [0.1, 0.15) is 70.7 Å². The molecule has 16 heavy (non-hydrogen) atoms. The lowest BCUT2D eigenvalue weighted by Crippen LogP contribution is -2.08. The summed E-state index contributed by atoms with van der Waals surface area (Å²) in [4.78, 5) is 0. The van der Waals surface area contributed by atoms with Crippen LogP contribution in [0.15, 0.2) is 0 Å². The largest absolute Gasteiger partial charge is 0.249 e. The van der Waals surface area contributed by atoms with Crippen LogP contribution >= 0.6 is 0 Å². The smallest absolute Gasteiger partial charge is 0.0861 e. The monoisotopic (exact) mass is 223 g/mol. The molecule has 0 unspecified atom stereocenters. The quantitative estimate of drug-likeness (QED) is 0.708. The van der Waals surface area contributed by atoms with Gasteiger partial charge in [-0.25, -0.2) is 4.68 Å². The average Bonchev–Trinajstić information content (AvgIpc) is 2.66. The van der Waals surface area contributed by atoms with Crippen molar-refractivity contribution in [2.75, 3.05) is 0 Å². The summed E-state index contributed by atoms with van der Waals surface area (Å²) in [7, 11) is 0. The minimum Gasteiger partial charge on any atom is -0.249 e. The second-order valence-electron chi connectivity index (χ2n) is 4.76. The molecule has 0 N–H and O–H groups in total. The van der Waals surface area contributed by atoms with Gasteiger partial charge >= 0.3 is 0 Å². The van der Waals surface area contributed by atoms with Crippen LogP contribution in [0.25, 0.3) is 0 Å². The maximum Gasteiger partial charge on any atom is 0.0861 e. The van der Waals surface area contributed by atoms with E-state index in [4.69, 9.17) is 0 Å². The Hall–Kier alpha value is -0.860. The molecular formula is C13H25N3. The van der Waals surface area contributed by atoms with Gasteiger partial charge in [0.05, 0.1) is 11.4 Å². The maximum absolute atomic E-state index is 4.34. The highest BCUT2D eigenvalue weighted by Gasteiger charge is 2.14. The summed E-state index contributed by atoms with van der Waals surface area (Å²) in [6.07, 6.45) is 5.92. The second kappa shape index (κ2) is 6.66. The third kappa shape index (κ3) is 3.32. The maximum atomic E-state index is 4.34. The molecule has 0 aliphatic heterocycles. The zero-order valence-corrected chi connectivity index (χ0v) is 11.2. The Bertz CT molecular complexity index is 277. The topological polar surface area (TPSA) is 30.7 Å². The molecule has 3 heteroatoms. The van der Waals surface area contributed by atoms with Gasteiger partial charge in [0.1, 0.15) is 0 Å². The predicted molar refractivity (Wildman–Crippen MR) is 67.6 cm³/mol. The molecular weight excluding hydrogens is 198 g/mol. The Balaban J connectivity index is 2.79. The molecule has 1 aromatic heterocycles. The highest BCUT2D eigenvalue weighted by Crippen LogP contribution is 2.19. The van der Waals surface area contributed by atoms with E-state index in [1.165, 1.54) is 37.1 Å². The first-order valence-electron chi connectivity index (χ1n) is 6.62. The van der Waals surface area contributed by atoms with Crippen molar-refractivity contribution >= 4 is 0 Å². The van der Waals surface area contributed by atoms with E-state index in [1.807, 2.05) is 0 Å². The molecule has 0 spiro atoms. The van der Waals surface area contributed by atoms with E-state index in [-0.39, 0.29) is 0 Å². The molecule has 92 valence electrons. The van der Waals surface area contributed by atoms with Gasteiger partial charge in [0.15, 0.2) is 0 Å². The number of unbranched alkanes of at least 4 members (excludes halogenated alkanes) is 2. The third-order valence-corrected chi connectivity index (χ3v) is 2.88. The second-order valence-corrected chi connectivity index (χ2v) is 4.76. The minimum absolute atomic E-state index is 0.527. The van der Waals surface area contributed by atoms with Crippen molar-refractivity contribution in [2.24, 2.45) is 0 Å². The molecule has 1 rings (SSSR count). The molecule has 0 radical (unpaired) electrons. The zero-order valence-electron chi connectivity index (χ0n) is 11.2. The van der Waals surface area contributed by atoms with E-state index in [0.29, 0.717) is 5.92 Å². The summed E-state index contributed by atoms with van der Waals surface area (Å²) in [5, 5.41) is 8.64. The van der Waals surface area contributed by atoms with Gasteiger partial charge in [-0.1, -0.05) is 45.7 Å². The normalized spacial score (nSPS) is 11.3. The molecule has 0 atom stereocenters. The first kappa shape index (κ1) is 13.2. The average molecular weight is 223 g/mol. The van der Waals surface area contributed by atoms with Gasteiger partial charge in [0, 0.05) is 6.54 Å². The van der Waals surface area contributed by atoms with Crippen molar-refractivity contribution in [3.63, 3.8) is 0 Å². The van der Waals surface area contributed by atoms with Gasteiger partial charge in [0.2, 0.25) is 0 Å². The van der Waals surface area contributed by atoms with Gasteiger partial charge in [-0.3, -0.25) is 0 Å². The van der Waals surface area contributed by atoms with E-state index >= 15 is 0 Å². The number of rotatable bonds is 7. The van der Waals surface area contributed by atoms with Crippen LogP contribution in [0.5, 0.6) is 0 Å². The first-order valence-corrected chi connectivity index (χ1v) is 6.62. The van der Waals surface area contributed by atoms with Crippen molar-refractivity contribution in [1.29, 1.82) is 0 Å². The van der Waals surface area contributed by atoms with Gasteiger partial charge in [0.25, 0.3) is 0 Å². The van der Waals surface area contributed by atoms with Crippen LogP contribution in [0.4, 0.5) is 0 Å². The minimum atomic E-state index is 0.527. The molecule has 1 heterocycles. The molecule has 3 nitrogen and oxygen atoms in total. The van der Waals surface area contributed by atoms with Crippen LogP contribution in [-0.2, 0) is 13.0 Å². The van der Waals surface area contributed by atoms with Crippen molar-refractivity contribution in [3.8, 4) is 0 Å². The zero-order chi connectivity index (χ0) is 12.0. The number of aryl methyl sites for hydroxylation is 2. The van der Waals surface area contributed by atoms with Crippen LogP contribution in [0.3, 0.4) is 0 Å². The Kier molecular flexibility index (Phi) is 5.50. The van der Waals surface area contributed by atoms with E-state index in [1.54, 1.807) is 0 Å². The van der Waals surface area contributed by atoms with Crippen LogP contribution in [0.2, 0.25) is 0 Å². The molecule has 0 saturated heterocycles. The summed E-state index contributed by atoms with van der Waals surface area (Å²) in [6, 6.07) is 0. The van der Waals surface area contributed by atoms with Gasteiger partial charge in [-0.05, 0) is 25.2 Å². The van der Waals surface area contributed by atoms with E-state index in [0.717, 1.165) is 13.0 Å². The standard InChI is InChI=1S/C13H25N3/c1-5-7-9-12-13(11(3)4)16(15-14-12)10-8-6-2/h11H,5-10H2,1-4H3. The number of nitrogens with zero attached hydrogens (tertiary/aromatic N) is 3. The molecule has 0 aromatic carbocycles. The SMILES string of the molecule is CCCCc1nnn(CCCC)c1C(C)C. The summed E-state index contributed by atoms with van der Waals surface area (Å²) in [5.74, 6) is 0.527. The van der Waals surface area contributed by atoms with Crippen molar-refractivity contribution in [1.82, 2.24) is 15.0 Å². The van der Waals surface area contributed by atoms with Crippen LogP contribution in [0, 0.1) is 0 Å². The van der Waals surface area contributed by atoms with Gasteiger partial charge < -0.3 is 0 Å². The van der Waals surface area contributed by atoms with Crippen LogP contribution < -0.4 is 0 Å². The van der Waals surface area contributed by atoms with Gasteiger partial charge in [-0.2, -0.15) is 0 Å². The predicted octanol–water partition coefficient (Wildman–Crippen LogP) is 3.54. The molecule has 0 aliphatic carbocycles. The van der Waals surface area contributed by atoms with Crippen molar-refractivity contribution in [2.45, 2.75) is 72.3 Å². The number of aromatic nitrogens is 3. The lowest BCUT2D eigenvalue weighted by Gasteiger charge is -2.10. The first-order chi connectivity index (χ1) is 7.70. The Morgan fingerprint density at radius 1 is 1.12 bits per heavy atom. The lowest BCUT2D eigenvalue weighted by atomic mass is 10.0. The molecule has 1 aromatic rings. The molecule has 0 bridgehead atoms. The lowest BCUT2D eigenvalue weighted by molar-refractivity contribution is 0.521. The van der Waals surface area contributed by atoms with Gasteiger partial charge in [-0.15, -0.1) is 5.10 Å². The van der Waals surface area contributed by atoms with E-state index < -0.39 is 0 Å². The fourth-order valence-electron chi connectivity index (χ4n) is 1.98. The molecule has 0 aliphatic rings. The summed E-state index contributed by atoms with van der Waals surface area (Å²) < 4.78 is 2.11. The number of hydrogen-bond donors (Lipinski definition) is 0. The molecule has 0 amide bonds. The molecule has 0 saturated carbocycles.